The fourth-order valence-corrected chi connectivity index (χ4v) is 2.86. The minimum atomic E-state index is -1.22. The number of benzene rings is 1. The molecule has 1 aromatic rings. The van der Waals surface area contributed by atoms with Crippen LogP contribution in [0.2, 0.25) is 0 Å². The van der Waals surface area contributed by atoms with Gasteiger partial charge in [0, 0.05) is 6.54 Å². The van der Waals surface area contributed by atoms with Gasteiger partial charge < -0.3 is 5.73 Å². The molecule has 0 amide bonds. The van der Waals surface area contributed by atoms with Crippen molar-refractivity contribution in [1.29, 1.82) is 0 Å². The van der Waals surface area contributed by atoms with E-state index in [4.69, 9.17) is 5.73 Å². The molecular formula is C14H20FN. The first kappa shape index (κ1) is 11.6. The van der Waals surface area contributed by atoms with Gasteiger partial charge in [0.2, 0.25) is 0 Å². The molecule has 1 aliphatic carbocycles. The Labute approximate surface area is 96.9 Å². The van der Waals surface area contributed by atoms with E-state index >= 15 is 0 Å². The van der Waals surface area contributed by atoms with E-state index in [0.717, 1.165) is 36.8 Å². The lowest BCUT2D eigenvalue weighted by atomic mass is 9.81. The molecule has 2 N–H and O–H groups in total. The molecule has 0 heterocycles. The van der Waals surface area contributed by atoms with Crippen LogP contribution >= 0.6 is 0 Å². The predicted molar refractivity (Wildman–Crippen MR) is 64.8 cm³/mol. The maximum Gasteiger partial charge on any atom is 0.136 e. The second-order valence-corrected chi connectivity index (χ2v) is 4.92. The van der Waals surface area contributed by atoms with Crippen LogP contribution < -0.4 is 5.73 Å². The lowest BCUT2D eigenvalue weighted by Crippen LogP contribution is -2.27. The minimum absolute atomic E-state index is 0.167. The molecule has 0 saturated heterocycles. The summed E-state index contributed by atoms with van der Waals surface area (Å²) in [5, 5.41) is 0. The number of halogens is 1. The fraction of sp³-hybridized carbons (Fsp3) is 0.571. The molecule has 88 valence electrons. The van der Waals surface area contributed by atoms with E-state index in [1.807, 2.05) is 24.3 Å². The maximum atomic E-state index is 14.9. The number of hydrogen-bond acceptors (Lipinski definition) is 1. The highest BCUT2D eigenvalue weighted by atomic mass is 19.1. The van der Waals surface area contributed by atoms with Gasteiger partial charge in [0.05, 0.1) is 0 Å². The van der Waals surface area contributed by atoms with Crippen LogP contribution in [0.4, 0.5) is 4.39 Å². The Morgan fingerprint density at radius 1 is 1.31 bits per heavy atom. The molecule has 16 heavy (non-hydrogen) atoms. The summed E-state index contributed by atoms with van der Waals surface area (Å²) in [4.78, 5) is 0. The molecule has 0 radical (unpaired) electrons. The first-order valence-electron chi connectivity index (χ1n) is 6.13. The van der Waals surface area contributed by atoms with Crippen molar-refractivity contribution in [2.45, 2.75) is 44.8 Å². The zero-order valence-electron chi connectivity index (χ0n) is 9.88. The predicted octanol–water partition coefficient (Wildman–Crippen LogP) is 3.52. The van der Waals surface area contributed by atoms with Gasteiger partial charge in [-0.2, -0.15) is 0 Å². The zero-order chi connectivity index (χ0) is 11.6. The van der Waals surface area contributed by atoms with Crippen molar-refractivity contribution in [1.82, 2.24) is 0 Å². The first-order chi connectivity index (χ1) is 7.66. The highest BCUT2D eigenvalue weighted by Gasteiger charge is 2.38. The average Bonchev–Trinajstić information content (AvgIpc) is 2.83. The normalized spacial score (nSPS) is 20.9. The second-order valence-electron chi connectivity index (χ2n) is 4.92. The summed E-state index contributed by atoms with van der Waals surface area (Å²) >= 11 is 0. The summed E-state index contributed by atoms with van der Waals surface area (Å²) < 4.78 is 14.9. The Hall–Kier alpha value is -0.890. The van der Waals surface area contributed by atoms with Crippen molar-refractivity contribution in [3.8, 4) is 0 Å². The monoisotopic (exact) mass is 221 g/mol. The Balaban J connectivity index is 2.33. The molecule has 1 nitrogen and oxygen atoms in total. The minimum Gasteiger partial charge on any atom is -0.326 e. The molecule has 2 heteroatoms. The Morgan fingerprint density at radius 3 is 2.56 bits per heavy atom. The summed E-state index contributed by atoms with van der Waals surface area (Å²) in [5.41, 5.74) is 6.20. The van der Waals surface area contributed by atoms with E-state index in [0.29, 0.717) is 6.54 Å². The summed E-state index contributed by atoms with van der Waals surface area (Å²) in [6.07, 6.45) is 4.34. The van der Waals surface area contributed by atoms with E-state index in [9.17, 15) is 4.39 Å². The average molecular weight is 221 g/mol. The van der Waals surface area contributed by atoms with E-state index in [-0.39, 0.29) is 5.92 Å². The molecule has 1 unspecified atom stereocenters. The van der Waals surface area contributed by atoms with Gasteiger partial charge in [0.25, 0.3) is 0 Å². The summed E-state index contributed by atoms with van der Waals surface area (Å²) in [5.74, 6) is 0.167. The van der Waals surface area contributed by atoms with Gasteiger partial charge in [0.15, 0.2) is 0 Å². The molecule has 1 aliphatic rings. The molecule has 1 saturated carbocycles. The number of alkyl halides is 1. The van der Waals surface area contributed by atoms with Gasteiger partial charge in [-0.15, -0.1) is 0 Å². The summed E-state index contributed by atoms with van der Waals surface area (Å²) in [7, 11) is 0. The van der Waals surface area contributed by atoms with Crippen LogP contribution in [0, 0.1) is 5.92 Å². The smallest absolute Gasteiger partial charge is 0.136 e. The molecule has 0 bridgehead atoms. The fourth-order valence-electron chi connectivity index (χ4n) is 2.86. The first-order valence-corrected chi connectivity index (χ1v) is 6.13. The van der Waals surface area contributed by atoms with E-state index in [2.05, 4.69) is 0 Å². The van der Waals surface area contributed by atoms with Gasteiger partial charge >= 0.3 is 0 Å². The Kier molecular flexibility index (Phi) is 3.29. The van der Waals surface area contributed by atoms with Crippen molar-refractivity contribution >= 4 is 0 Å². The zero-order valence-corrected chi connectivity index (χ0v) is 9.88. The maximum absolute atomic E-state index is 14.9. The van der Waals surface area contributed by atoms with Crippen LogP contribution in [0.5, 0.6) is 0 Å². The number of rotatable bonds is 3. The molecule has 2 rings (SSSR count). The van der Waals surface area contributed by atoms with Crippen LogP contribution in [0.15, 0.2) is 24.3 Å². The van der Waals surface area contributed by atoms with Crippen molar-refractivity contribution in [3.63, 3.8) is 0 Å². The lowest BCUT2D eigenvalue weighted by Gasteiger charge is -2.29. The van der Waals surface area contributed by atoms with E-state index in [1.165, 1.54) is 0 Å². The van der Waals surface area contributed by atoms with Gasteiger partial charge in [-0.05, 0) is 36.8 Å². The third-order valence-electron chi connectivity index (χ3n) is 3.89. The molecule has 0 aliphatic heterocycles. The van der Waals surface area contributed by atoms with E-state index in [1.54, 1.807) is 6.92 Å². The van der Waals surface area contributed by atoms with Gasteiger partial charge in [0.1, 0.15) is 5.67 Å². The van der Waals surface area contributed by atoms with Crippen LogP contribution in [0.1, 0.15) is 43.7 Å². The Bertz CT molecular complexity index is 354. The van der Waals surface area contributed by atoms with Crippen molar-refractivity contribution < 1.29 is 4.39 Å². The lowest BCUT2D eigenvalue weighted by molar-refractivity contribution is 0.103. The standard InChI is InChI=1S/C14H20FN/c1-14(15,12-7-3-4-8-12)13-9-5-2-6-11(13)10-16/h2,5-6,9,12H,3-4,7-8,10,16H2,1H3. The van der Waals surface area contributed by atoms with Crippen LogP contribution in [0.25, 0.3) is 0 Å². The SMILES string of the molecule is CC(F)(c1ccccc1CN)C1CCCC1. The van der Waals surface area contributed by atoms with Crippen molar-refractivity contribution in [2.75, 3.05) is 0 Å². The van der Waals surface area contributed by atoms with E-state index < -0.39 is 5.67 Å². The van der Waals surface area contributed by atoms with Crippen molar-refractivity contribution in [3.05, 3.63) is 35.4 Å². The number of nitrogens with two attached hydrogens (primary N) is 1. The molecule has 0 spiro atoms. The molecule has 1 aromatic carbocycles. The molecule has 1 atom stereocenters. The van der Waals surface area contributed by atoms with Crippen LogP contribution in [-0.4, -0.2) is 0 Å². The highest BCUT2D eigenvalue weighted by Crippen LogP contribution is 2.44. The van der Waals surface area contributed by atoms with Gasteiger partial charge in [-0.3, -0.25) is 0 Å². The second kappa shape index (κ2) is 4.54. The third-order valence-corrected chi connectivity index (χ3v) is 3.89. The van der Waals surface area contributed by atoms with Crippen LogP contribution in [0.3, 0.4) is 0 Å². The molecule has 1 fully saturated rings. The quantitative estimate of drug-likeness (QED) is 0.830. The highest BCUT2D eigenvalue weighted by molar-refractivity contribution is 5.32. The van der Waals surface area contributed by atoms with Gasteiger partial charge in [-0.1, -0.05) is 37.1 Å². The van der Waals surface area contributed by atoms with Crippen LogP contribution in [-0.2, 0) is 12.2 Å². The third kappa shape index (κ3) is 1.99. The largest absolute Gasteiger partial charge is 0.326 e. The molecular weight excluding hydrogens is 201 g/mol. The van der Waals surface area contributed by atoms with Crippen molar-refractivity contribution in [2.24, 2.45) is 11.7 Å². The topological polar surface area (TPSA) is 26.0 Å². The van der Waals surface area contributed by atoms with Gasteiger partial charge in [-0.25, -0.2) is 4.39 Å². The Morgan fingerprint density at radius 2 is 1.94 bits per heavy atom. The number of hydrogen-bond donors (Lipinski definition) is 1. The summed E-state index contributed by atoms with van der Waals surface area (Å²) in [6.45, 7) is 2.14. The molecule has 0 aromatic heterocycles. The summed E-state index contributed by atoms with van der Waals surface area (Å²) in [6, 6.07) is 7.65.